The molecule has 3 aliphatic rings. The number of ether oxygens (including phenoxy) is 2. The van der Waals surface area contributed by atoms with Gasteiger partial charge < -0.3 is 35.2 Å². The predicted molar refractivity (Wildman–Crippen MR) is 141 cm³/mol. The summed E-state index contributed by atoms with van der Waals surface area (Å²) < 4.78 is 11.3. The molecular weight excluding hydrogens is 486 g/mol. The molecule has 2 fully saturated rings. The van der Waals surface area contributed by atoms with Gasteiger partial charge in [-0.3, -0.25) is 9.59 Å². The van der Waals surface area contributed by atoms with Crippen LogP contribution in [-0.2, 0) is 17.6 Å². The summed E-state index contributed by atoms with van der Waals surface area (Å²) in [5.41, 5.74) is 3.42. The largest absolute Gasteiger partial charge is 0.493 e. The molecule has 2 saturated heterocycles. The fourth-order valence-electron chi connectivity index (χ4n) is 5.87. The van der Waals surface area contributed by atoms with Gasteiger partial charge in [-0.1, -0.05) is 24.3 Å². The summed E-state index contributed by atoms with van der Waals surface area (Å²) in [7, 11) is 0. The fraction of sp³-hybridized carbons (Fsp3) is 0.517. The van der Waals surface area contributed by atoms with Crippen molar-refractivity contribution in [2.24, 2.45) is 0 Å². The maximum Gasteiger partial charge on any atom is 0.255 e. The van der Waals surface area contributed by atoms with Gasteiger partial charge >= 0.3 is 0 Å². The number of hydrogen-bond donors (Lipinski definition) is 4. The van der Waals surface area contributed by atoms with Crippen LogP contribution in [0.3, 0.4) is 0 Å². The number of aliphatic hydroxyl groups is 2. The number of rotatable bonds is 9. The van der Waals surface area contributed by atoms with Gasteiger partial charge in [0.25, 0.3) is 11.8 Å². The van der Waals surface area contributed by atoms with Crippen molar-refractivity contribution < 1.29 is 29.3 Å². The Bertz CT molecular complexity index is 1120. The molecule has 3 atom stereocenters. The lowest BCUT2D eigenvalue weighted by atomic mass is 9.91. The van der Waals surface area contributed by atoms with E-state index in [9.17, 15) is 19.8 Å². The van der Waals surface area contributed by atoms with Gasteiger partial charge in [0.2, 0.25) is 0 Å². The van der Waals surface area contributed by atoms with E-state index in [1.807, 2.05) is 24.0 Å². The van der Waals surface area contributed by atoms with E-state index < -0.39 is 12.2 Å². The highest BCUT2D eigenvalue weighted by atomic mass is 16.5. The Balaban J connectivity index is 1.17. The molecule has 1 aliphatic carbocycles. The molecule has 2 unspecified atom stereocenters. The van der Waals surface area contributed by atoms with Crippen molar-refractivity contribution in [1.29, 1.82) is 0 Å². The number of carbonyl (C=O) groups excluding carboxylic acids is 2. The number of nitrogens with zero attached hydrogens (tertiary/aromatic N) is 1. The van der Waals surface area contributed by atoms with Crippen molar-refractivity contribution in [1.82, 2.24) is 15.5 Å². The molecule has 2 aliphatic heterocycles. The van der Waals surface area contributed by atoms with E-state index in [1.165, 1.54) is 11.1 Å². The Morgan fingerprint density at radius 1 is 1.08 bits per heavy atom. The summed E-state index contributed by atoms with van der Waals surface area (Å²) in [4.78, 5) is 28.2. The Kier molecular flexibility index (Phi) is 8.28. The van der Waals surface area contributed by atoms with Crippen molar-refractivity contribution in [2.45, 2.75) is 62.9 Å². The molecule has 2 amide bonds. The summed E-state index contributed by atoms with van der Waals surface area (Å²) in [5.74, 6) is -0.199. The molecular formula is C29H37N3O6. The molecule has 204 valence electrons. The number of fused-ring (bicyclic) bond motifs is 3. The lowest BCUT2D eigenvalue weighted by Crippen LogP contribution is -2.60. The zero-order valence-corrected chi connectivity index (χ0v) is 21.8. The molecule has 2 bridgehead atoms. The van der Waals surface area contributed by atoms with Gasteiger partial charge in [-0.25, -0.2) is 0 Å². The van der Waals surface area contributed by atoms with Gasteiger partial charge in [-0.2, -0.15) is 0 Å². The van der Waals surface area contributed by atoms with Crippen LogP contribution in [0.15, 0.2) is 42.5 Å². The minimum absolute atomic E-state index is 0.0945. The van der Waals surface area contributed by atoms with Crippen LogP contribution < -0.4 is 15.4 Å². The van der Waals surface area contributed by atoms with E-state index in [1.54, 1.807) is 18.2 Å². The van der Waals surface area contributed by atoms with Crippen LogP contribution >= 0.6 is 0 Å². The van der Waals surface area contributed by atoms with Crippen LogP contribution in [-0.4, -0.2) is 90.2 Å². The van der Waals surface area contributed by atoms with Crippen LogP contribution in [0.1, 0.15) is 51.6 Å². The predicted octanol–water partition coefficient (Wildman–Crippen LogP) is 1.30. The maximum absolute atomic E-state index is 13.4. The monoisotopic (exact) mass is 523 g/mol. The number of morpholine rings is 1. The topological polar surface area (TPSA) is 120 Å². The smallest absolute Gasteiger partial charge is 0.255 e. The van der Waals surface area contributed by atoms with Crippen molar-refractivity contribution in [3.05, 3.63) is 64.7 Å². The van der Waals surface area contributed by atoms with Gasteiger partial charge in [-0.05, 0) is 61.9 Å². The van der Waals surface area contributed by atoms with Gasteiger partial charge in [0.1, 0.15) is 5.75 Å². The quantitative estimate of drug-likeness (QED) is 0.391. The van der Waals surface area contributed by atoms with Crippen LogP contribution in [0.25, 0.3) is 0 Å². The maximum atomic E-state index is 13.4. The van der Waals surface area contributed by atoms with E-state index in [0.717, 1.165) is 12.8 Å². The van der Waals surface area contributed by atoms with E-state index >= 15 is 0 Å². The first-order valence-corrected chi connectivity index (χ1v) is 13.5. The fourth-order valence-corrected chi connectivity index (χ4v) is 5.87. The number of aliphatic hydroxyl groups excluding tert-OH is 2. The first-order chi connectivity index (χ1) is 18.4. The van der Waals surface area contributed by atoms with Crippen molar-refractivity contribution >= 4 is 11.8 Å². The third-order valence-corrected chi connectivity index (χ3v) is 7.69. The molecule has 0 saturated carbocycles. The Morgan fingerprint density at radius 2 is 1.76 bits per heavy atom. The number of amides is 2. The van der Waals surface area contributed by atoms with E-state index in [2.05, 4.69) is 22.8 Å². The molecule has 2 aromatic rings. The summed E-state index contributed by atoms with van der Waals surface area (Å²) in [6.07, 6.45) is 1.69. The van der Waals surface area contributed by atoms with E-state index in [-0.39, 0.29) is 36.5 Å². The molecule has 0 radical (unpaired) electrons. The number of hydrogen-bond acceptors (Lipinski definition) is 7. The molecule has 4 N–H and O–H groups in total. The Hall–Kier alpha value is -2.98. The zero-order valence-electron chi connectivity index (χ0n) is 21.8. The first kappa shape index (κ1) is 26.6. The summed E-state index contributed by atoms with van der Waals surface area (Å²) in [6.45, 7) is 3.44. The number of nitrogens with one attached hydrogen (secondary N) is 2. The first-order valence-electron chi connectivity index (χ1n) is 13.5. The summed E-state index contributed by atoms with van der Waals surface area (Å²) >= 11 is 0. The second-order valence-corrected chi connectivity index (χ2v) is 10.5. The Morgan fingerprint density at radius 3 is 2.42 bits per heavy atom. The van der Waals surface area contributed by atoms with Crippen LogP contribution in [0.2, 0.25) is 0 Å². The normalized spacial score (nSPS) is 23.6. The third-order valence-electron chi connectivity index (χ3n) is 7.69. The molecule has 0 aromatic heterocycles. The molecule has 2 heterocycles. The van der Waals surface area contributed by atoms with Crippen LogP contribution in [0, 0.1) is 0 Å². The van der Waals surface area contributed by atoms with Gasteiger partial charge in [0.15, 0.2) is 0 Å². The highest BCUT2D eigenvalue weighted by molar-refractivity contribution is 6.00. The molecule has 38 heavy (non-hydrogen) atoms. The minimum Gasteiger partial charge on any atom is -0.493 e. The number of piperidine rings is 1. The standard InChI is InChI=1S/C29H37N3O6/c1-2-38-27-11-20(29(36)32-22-12-24(33)13-23(32)17-37-16-22)7-8-26(27)28(35)31-15-25(34)14-30-21-9-18-5-3-4-6-19(18)10-21/h3-8,11,21-25,30,33-34H,2,9-10,12-17H2,1H3,(H,31,35)/t22?,23?,24?,25-/m0/s1. The molecule has 0 spiro atoms. The second kappa shape index (κ2) is 11.8. The lowest BCUT2D eigenvalue weighted by Gasteiger charge is -2.47. The number of benzene rings is 2. The highest BCUT2D eigenvalue weighted by Gasteiger charge is 2.41. The SMILES string of the molecule is CCOc1cc(C(=O)N2C3COCC2CC(O)C3)ccc1C(=O)NC[C@@H](O)CNC1Cc2ccccc2C1. The van der Waals surface area contributed by atoms with Crippen molar-refractivity contribution in [3.63, 3.8) is 0 Å². The Labute approximate surface area is 223 Å². The lowest BCUT2D eigenvalue weighted by molar-refractivity contribution is -0.0871. The van der Waals surface area contributed by atoms with Crippen molar-refractivity contribution in [2.75, 3.05) is 32.9 Å². The van der Waals surface area contributed by atoms with E-state index in [0.29, 0.717) is 56.1 Å². The second-order valence-electron chi connectivity index (χ2n) is 10.5. The molecule has 9 nitrogen and oxygen atoms in total. The van der Waals surface area contributed by atoms with Gasteiger partial charge in [0.05, 0.1) is 49.7 Å². The van der Waals surface area contributed by atoms with Gasteiger partial charge in [0, 0.05) is 24.7 Å². The average Bonchev–Trinajstić information content (AvgIpc) is 3.33. The van der Waals surface area contributed by atoms with E-state index in [4.69, 9.17) is 9.47 Å². The molecule has 2 aromatic carbocycles. The average molecular weight is 524 g/mol. The zero-order chi connectivity index (χ0) is 26.6. The minimum atomic E-state index is -0.741. The van der Waals surface area contributed by atoms with Crippen molar-refractivity contribution in [3.8, 4) is 5.75 Å². The third kappa shape index (κ3) is 5.86. The molecule has 5 rings (SSSR count). The molecule has 9 heteroatoms. The van der Waals surface area contributed by atoms with Crippen LogP contribution in [0.4, 0.5) is 0 Å². The summed E-state index contributed by atoms with van der Waals surface area (Å²) in [5, 5.41) is 26.8. The van der Waals surface area contributed by atoms with Crippen LogP contribution in [0.5, 0.6) is 5.75 Å². The highest BCUT2D eigenvalue weighted by Crippen LogP contribution is 2.31. The van der Waals surface area contributed by atoms with Gasteiger partial charge in [-0.15, -0.1) is 0 Å². The number of carbonyl (C=O) groups is 2. The summed E-state index contributed by atoms with van der Waals surface area (Å²) in [6, 6.07) is 13.1.